The summed E-state index contributed by atoms with van der Waals surface area (Å²) in [5.74, 6) is 0.580. The van der Waals surface area contributed by atoms with Crippen LogP contribution in [0.4, 0.5) is 0 Å². The normalized spacial score (nSPS) is 23.8. The highest BCUT2D eigenvalue weighted by Gasteiger charge is 2.39. The molecule has 0 radical (unpaired) electrons. The third-order valence-corrected chi connectivity index (χ3v) is 4.26. The molecule has 4 heteroatoms. The van der Waals surface area contributed by atoms with Crippen molar-refractivity contribution in [3.63, 3.8) is 0 Å². The number of likely N-dealkylation sites (N-methyl/N-ethyl adjacent to an activating group) is 1. The molecule has 2 unspecified atom stereocenters. The molecule has 0 saturated carbocycles. The van der Waals surface area contributed by atoms with Gasteiger partial charge in [0.2, 0.25) is 0 Å². The van der Waals surface area contributed by atoms with E-state index in [0.29, 0.717) is 12.5 Å². The van der Waals surface area contributed by atoms with Crippen LogP contribution in [-0.4, -0.2) is 68.8 Å². The van der Waals surface area contributed by atoms with Gasteiger partial charge in [0.25, 0.3) is 0 Å². The average Bonchev–Trinajstić information content (AvgIpc) is 2.87. The lowest BCUT2D eigenvalue weighted by molar-refractivity contribution is 0.0403. The van der Waals surface area contributed by atoms with Gasteiger partial charge in [-0.15, -0.1) is 0 Å². The van der Waals surface area contributed by atoms with Crippen LogP contribution in [0.25, 0.3) is 0 Å². The predicted octanol–water partition coefficient (Wildman–Crippen LogP) is 1.01. The molecule has 0 aliphatic carbocycles. The third-order valence-electron chi connectivity index (χ3n) is 4.26. The zero-order valence-electron chi connectivity index (χ0n) is 12.6. The fourth-order valence-electron chi connectivity index (χ4n) is 2.79. The standard InChI is InChI=1S/C14H31N3O/c1-5-7-17(9-8-16(3)4)14(2,12-15)13-6-10-18-11-13/h13H,5-12,15H2,1-4H3. The summed E-state index contributed by atoms with van der Waals surface area (Å²) in [5, 5.41) is 0. The highest BCUT2D eigenvalue weighted by atomic mass is 16.5. The van der Waals surface area contributed by atoms with E-state index >= 15 is 0 Å². The first-order valence-corrected chi connectivity index (χ1v) is 7.22. The Balaban J connectivity index is 2.70. The van der Waals surface area contributed by atoms with E-state index in [-0.39, 0.29) is 5.54 Å². The molecule has 0 aromatic rings. The summed E-state index contributed by atoms with van der Waals surface area (Å²) in [6, 6.07) is 0. The largest absolute Gasteiger partial charge is 0.381 e. The summed E-state index contributed by atoms with van der Waals surface area (Å²) >= 11 is 0. The van der Waals surface area contributed by atoms with Crippen molar-refractivity contribution in [2.45, 2.75) is 32.2 Å². The molecule has 0 spiro atoms. The molecule has 0 aromatic heterocycles. The van der Waals surface area contributed by atoms with Crippen molar-refractivity contribution in [2.75, 3.05) is 53.5 Å². The van der Waals surface area contributed by atoms with Crippen LogP contribution in [0.1, 0.15) is 26.7 Å². The van der Waals surface area contributed by atoms with Crippen LogP contribution in [0.5, 0.6) is 0 Å². The molecule has 1 aliphatic heterocycles. The van der Waals surface area contributed by atoms with E-state index in [9.17, 15) is 0 Å². The molecule has 108 valence electrons. The molecule has 0 amide bonds. The van der Waals surface area contributed by atoms with Crippen molar-refractivity contribution in [2.24, 2.45) is 11.7 Å². The van der Waals surface area contributed by atoms with E-state index < -0.39 is 0 Å². The van der Waals surface area contributed by atoms with Crippen molar-refractivity contribution >= 4 is 0 Å². The Kier molecular flexibility index (Phi) is 6.57. The molecule has 1 heterocycles. The first-order valence-electron chi connectivity index (χ1n) is 7.22. The maximum absolute atomic E-state index is 6.11. The minimum atomic E-state index is 0.0858. The van der Waals surface area contributed by atoms with Gasteiger partial charge in [-0.25, -0.2) is 0 Å². The van der Waals surface area contributed by atoms with E-state index in [2.05, 4.69) is 37.7 Å². The van der Waals surface area contributed by atoms with Gasteiger partial charge >= 0.3 is 0 Å². The Bertz CT molecular complexity index is 229. The monoisotopic (exact) mass is 257 g/mol. The van der Waals surface area contributed by atoms with E-state index in [1.54, 1.807) is 0 Å². The van der Waals surface area contributed by atoms with Gasteiger partial charge in [0.1, 0.15) is 0 Å². The van der Waals surface area contributed by atoms with E-state index in [1.807, 2.05) is 0 Å². The number of hydrogen-bond donors (Lipinski definition) is 1. The average molecular weight is 257 g/mol. The lowest BCUT2D eigenvalue weighted by Crippen LogP contribution is -2.58. The molecule has 1 aliphatic rings. The van der Waals surface area contributed by atoms with Crippen molar-refractivity contribution in [3.05, 3.63) is 0 Å². The summed E-state index contributed by atoms with van der Waals surface area (Å²) in [6.45, 7) is 10.3. The highest BCUT2D eigenvalue weighted by molar-refractivity contribution is 4.95. The maximum Gasteiger partial charge on any atom is 0.0513 e. The van der Waals surface area contributed by atoms with Crippen LogP contribution in [0.2, 0.25) is 0 Å². The highest BCUT2D eigenvalue weighted by Crippen LogP contribution is 2.30. The zero-order valence-corrected chi connectivity index (χ0v) is 12.6. The topological polar surface area (TPSA) is 41.7 Å². The zero-order chi connectivity index (χ0) is 13.6. The lowest BCUT2D eigenvalue weighted by atomic mass is 9.83. The summed E-state index contributed by atoms with van der Waals surface area (Å²) < 4.78 is 5.57. The predicted molar refractivity (Wildman–Crippen MR) is 76.8 cm³/mol. The fourth-order valence-corrected chi connectivity index (χ4v) is 2.79. The molecule has 1 rings (SSSR count). The second-order valence-electron chi connectivity index (χ2n) is 5.91. The van der Waals surface area contributed by atoms with Gasteiger partial charge in [0.05, 0.1) is 6.61 Å². The molecule has 1 saturated heterocycles. The van der Waals surface area contributed by atoms with Crippen molar-refractivity contribution in [1.29, 1.82) is 0 Å². The lowest BCUT2D eigenvalue weighted by Gasteiger charge is -2.45. The molecule has 0 aromatic carbocycles. The van der Waals surface area contributed by atoms with E-state index in [4.69, 9.17) is 10.5 Å². The summed E-state index contributed by atoms with van der Waals surface area (Å²) in [5.41, 5.74) is 6.20. The summed E-state index contributed by atoms with van der Waals surface area (Å²) in [7, 11) is 4.26. The Morgan fingerprint density at radius 1 is 1.28 bits per heavy atom. The Hall–Kier alpha value is -0.160. The Morgan fingerprint density at radius 2 is 2.00 bits per heavy atom. The first kappa shape index (κ1) is 15.9. The van der Waals surface area contributed by atoms with E-state index in [1.165, 1.54) is 6.42 Å². The van der Waals surface area contributed by atoms with Crippen LogP contribution < -0.4 is 5.73 Å². The van der Waals surface area contributed by atoms with Crippen LogP contribution in [0, 0.1) is 5.92 Å². The van der Waals surface area contributed by atoms with Crippen molar-refractivity contribution in [1.82, 2.24) is 9.80 Å². The molecule has 2 atom stereocenters. The number of nitrogens with two attached hydrogens (primary N) is 1. The molecule has 2 N–H and O–H groups in total. The van der Waals surface area contributed by atoms with Gasteiger partial charge in [0, 0.05) is 37.7 Å². The van der Waals surface area contributed by atoms with E-state index in [0.717, 1.165) is 39.3 Å². The van der Waals surface area contributed by atoms with Gasteiger partial charge in [-0.3, -0.25) is 4.90 Å². The summed E-state index contributed by atoms with van der Waals surface area (Å²) in [4.78, 5) is 4.82. The van der Waals surface area contributed by atoms with Gasteiger partial charge in [-0.2, -0.15) is 0 Å². The van der Waals surface area contributed by atoms with Gasteiger partial charge in [-0.05, 0) is 40.4 Å². The molecular weight excluding hydrogens is 226 g/mol. The van der Waals surface area contributed by atoms with Crippen LogP contribution in [0.3, 0.4) is 0 Å². The Morgan fingerprint density at radius 3 is 2.44 bits per heavy atom. The third kappa shape index (κ3) is 3.92. The number of rotatable bonds is 8. The minimum absolute atomic E-state index is 0.0858. The Labute approximate surface area is 112 Å². The van der Waals surface area contributed by atoms with Crippen LogP contribution in [-0.2, 0) is 4.74 Å². The van der Waals surface area contributed by atoms with Gasteiger partial charge < -0.3 is 15.4 Å². The molecular formula is C14H31N3O. The molecule has 18 heavy (non-hydrogen) atoms. The minimum Gasteiger partial charge on any atom is -0.381 e. The molecule has 0 bridgehead atoms. The van der Waals surface area contributed by atoms with Gasteiger partial charge in [0.15, 0.2) is 0 Å². The van der Waals surface area contributed by atoms with Crippen LogP contribution in [0.15, 0.2) is 0 Å². The number of hydrogen-bond acceptors (Lipinski definition) is 4. The number of ether oxygens (including phenoxy) is 1. The van der Waals surface area contributed by atoms with Crippen molar-refractivity contribution < 1.29 is 4.74 Å². The maximum atomic E-state index is 6.11. The van der Waals surface area contributed by atoms with Gasteiger partial charge in [-0.1, -0.05) is 6.92 Å². The second kappa shape index (κ2) is 7.43. The molecule has 4 nitrogen and oxygen atoms in total. The summed E-state index contributed by atoms with van der Waals surface area (Å²) in [6.07, 6.45) is 2.33. The fraction of sp³-hybridized carbons (Fsp3) is 1.00. The first-order chi connectivity index (χ1) is 8.54. The number of nitrogens with zero attached hydrogens (tertiary/aromatic N) is 2. The quantitative estimate of drug-likeness (QED) is 0.705. The second-order valence-corrected chi connectivity index (χ2v) is 5.91. The van der Waals surface area contributed by atoms with Crippen molar-refractivity contribution in [3.8, 4) is 0 Å². The van der Waals surface area contributed by atoms with Crippen LogP contribution >= 0.6 is 0 Å². The molecule has 1 fully saturated rings. The SMILES string of the molecule is CCCN(CCN(C)C)C(C)(CN)C1CCOC1. The smallest absolute Gasteiger partial charge is 0.0513 e.